The molecule has 0 N–H and O–H groups in total. The molecule has 0 aromatic carbocycles. The smallest absolute Gasteiger partial charge is 0.251 e. The van der Waals surface area contributed by atoms with Crippen LogP contribution in [-0.4, -0.2) is 58.9 Å². The molecule has 6 heteroatoms. The molecule has 3 aliphatic heterocycles. The Morgan fingerprint density at radius 1 is 1.31 bits per heavy atom. The lowest BCUT2D eigenvalue weighted by molar-refractivity contribution is -0.149. The second-order valence-electron chi connectivity index (χ2n) is 7.89. The molecular weight excluding hydrogens is 330 g/mol. The lowest BCUT2D eigenvalue weighted by Crippen LogP contribution is -2.52. The number of likely N-dealkylation sites (tertiary alicyclic amines) is 2. The molecule has 2 amide bonds. The number of carbonyl (C=O) groups is 2. The highest BCUT2D eigenvalue weighted by atomic mass is 16.5. The second-order valence-corrected chi connectivity index (χ2v) is 7.89. The summed E-state index contributed by atoms with van der Waals surface area (Å²) >= 11 is 0. The third kappa shape index (κ3) is 3.22. The molecular formula is C20H27N3O3. The third-order valence-corrected chi connectivity index (χ3v) is 5.99. The number of rotatable bonds is 3. The quantitative estimate of drug-likeness (QED) is 0.829. The van der Waals surface area contributed by atoms with Crippen LogP contribution in [0.2, 0.25) is 0 Å². The van der Waals surface area contributed by atoms with Crippen LogP contribution >= 0.6 is 0 Å². The summed E-state index contributed by atoms with van der Waals surface area (Å²) < 4.78 is 5.56. The third-order valence-electron chi connectivity index (χ3n) is 5.99. The predicted octanol–water partition coefficient (Wildman–Crippen LogP) is 1.91. The van der Waals surface area contributed by atoms with Gasteiger partial charge < -0.3 is 14.5 Å². The van der Waals surface area contributed by atoms with Gasteiger partial charge in [0, 0.05) is 31.9 Å². The van der Waals surface area contributed by atoms with Crippen molar-refractivity contribution in [3.05, 3.63) is 29.6 Å². The fourth-order valence-corrected chi connectivity index (χ4v) is 4.60. The number of aromatic nitrogens is 1. The summed E-state index contributed by atoms with van der Waals surface area (Å²) in [5, 5.41) is 0. The number of aryl methyl sites for hydroxylation is 1. The summed E-state index contributed by atoms with van der Waals surface area (Å²) in [6.45, 7) is 5.23. The van der Waals surface area contributed by atoms with E-state index in [2.05, 4.69) is 4.98 Å². The van der Waals surface area contributed by atoms with Gasteiger partial charge in [0.1, 0.15) is 6.10 Å². The molecule has 0 saturated carbocycles. The van der Waals surface area contributed by atoms with Gasteiger partial charge in [-0.25, -0.2) is 0 Å². The minimum atomic E-state index is -0.406. The first kappa shape index (κ1) is 17.5. The molecule has 4 rings (SSSR count). The Bertz CT molecular complexity index is 701. The van der Waals surface area contributed by atoms with Crippen molar-refractivity contribution >= 4 is 11.8 Å². The lowest BCUT2D eigenvalue weighted by Gasteiger charge is -2.39. The number of pyridine rings is 1. The number of hydrogen-bond acceptors (Lipinski definition) is 4. The minimum Gasteiger partial charge on any atom is -0.368 e. The number of hydrogen-bond donors (Lipinski definition) is 0. The van der Waals surface area contributed by atoms with E-state index in [-0.39, 0.29) is 17.9 Å². The van der Waals surface area contributed by atoms with Crippen molar-refractivity contribution in [2.75, 3.05) is 26.2 Å². The van der Waals surface area contributed by atoms with Crippen molar-refractivity contribution in [3.8, 4) is 0 Å². The van der Waals surface area contributed by atoms with Gasteiger partial charge in [0.15, 0.2) is 0 Å². The number of piperidine rings is 1. The standard InChI is InChI=1S/C20H27N3O3/c1-15-5-2-6-16(21-15)13-22-11-9-20(19(22)25)8-4-10-23(14-20)18(24)17-7-3-12-26-17/h2,5-6,17H,3-4,7-14H2,1H3/t17-,20+/m0/s1. The largest absolute Gasteiger partial charge is 0.368 e. The Morgan fingerprint density at radius 3 is 2.96 bits per heavy atom. The number of carbonyl (C=O) groups excluding carboxylic acids is 2. The normalized spacial score (nSPS) is 29.0. The summed E-state index contributed by atoms with van der Waals surface area (Å²) in [5.74, 6) is 0.263. The van der Waals surface area contributed by atoms with E-state index in [9.17, 15) is 9.59 Å². The minimum absolute atomic E-state index is 0.0770. The van der Waals surface area contributed by atoms with Crippen molar-refractivity contribution < 1.29 is 14.3 Å². The van der Waals surface area contributed by atoms with Crippen molar-refractivity contribution in [1.29, 1.82) is 0 Å². The fraction of sp³-hybridized carbons (Fsp3) is 0.650. The van der Waals surface area contributed by atoms with Crippen LogP contribution < -0.4 is 0 Å². The molecule has 0 bridgehead atoms. The molecule has 1 spiro atoms. The molecule has 1 aromatic rings. The molecule has 26 heavy (non-hydrogen) atoms. The maximum absolute atomic E-state index is 13.2. The zero-order valence-corrected chi connectivity index (χ0v) is 15.4. The van der Waals surface area contributed by atoms with Crippen molar-refractivity contribution in [2.24, 2.45) is 5.41 Å². The van der Waals surface area contributed by atoms with Gasteiger partial charge in [0.25, 0.3) is 5.91 Å². The van der Waals surface area contributed by atoms with Crippen LogP contribution in [0.1, 0.15) is 43.5 Å². The maximum atomic E-state index is 13.2. The van der Waals surface area contributed by atoms with Crippen molar-refractivity contribution in [2.45, 2.75) is 51.7 Å². The molecule has 3 aliphatic rings. The summed E-state index contributed by atoms with van der Waals surface area (Å²) in [6, 6.07) is 5.92. The van der Waals surface area contributed by atoms with Gasteiger partial charge in [-0.2, -0.15) is 0 Å². The van der Waals surface area contributed by atoms with E-state index in [1.54, 1.807) is 0 Å². The SMILES string of the molecule is Cc1cccc(CN2CC[C@@]3(CCCN(C(=O)[C@@H]4CCCO4)C3)C2=O)n1. The average Bonchev–Trinajstić information content (AvgIpc) is 3.27. The lowest BCUT2D eigenvalue weighted by atomic mass is 9.78. The first-order valence-corrected chi connectivity index (χ1v) is 9.70. The summed E-state index contributed by atoms with van der Waals surface area (Å²) in [5.41, 5.74) is 1.49. The predicted molar refractivity (Wildman–Crippen MR) is 96.2 cm³/mol. The first-order valence-electron chi connectivity index (χ1n) is 9.70. The molecule has 3 saturated heterocycles. The van der Waals surface area contributed by atoms with Crippen LogP contribution in [-0.2, 0) is 20.9 Å². The van der Waals surface area contributed by atoms with E-state index in [4.69, 9.17) is 4.74 Å². The van der Waals surface area contributed by atoms with Gasteiger partial charge in [-0.05, 0) is 51.2 Å². The maximum Gasteiger partial charge on any atom is 0.251 e. The van der Waals surface area contributed by atoms with Crippen LogP contribution in [0.15, 0.2) is 18.2 Å². The summed E-state index contributed by atoms with van der Waals surface area (Å²) in [6.07, 6.45) is 4.05. The number of ether oxygens (including phenoxy) is 1. The van der Waals surface area contributed by atoms with E-state index in [1.165, 1.54) is 0 Å². The van der Waals surface area contributed by atoms with E-state index < -0.39 is 5.41 Å². The Labute approximate surface area is 154 Å². The van der Waals surface area contributed by atoms with E-state index in [0.717, 1.165) is 56.6 Å². The Hall–Kier alpha value is -1.95. The monoisotopic (exact) mass is 357 g/mol. The molecule has 0 radical (unpaired) electrons. The van der Waals surface area contributed by atoms with Gasteiger partial charge in [-0.15, -0.1) is 0 Å². The highest BCUT2D eigenvalue weighted by molar-refractivity contribution is 5.87. The van der Waals surface area contributed by atoms with Crippen LogP contribution in [0.5, 0.6) is 0 Å². The molecule has 1 aromatic heterocycles. The topological polar surface area (TPSA) is 62.7 Å². The summed E-state index contributed by atoms with van der Waals surface area (Å²) in [4.78, 5) is 34.2. The van der Waals surface area contributed by atoms with Gasteiger partial charge in [0.05, 0.1) is 17.7 Å². The van der Waals surface area contributed by atoms with E-state index >= 15 is 0 Å². The van der Waals surface area contributed by atoms with Gasteiger partial charge in [0.2, 0.25) is 5.91 Å². The summed E-state index contributed by atoms with van der Waals surface area (Å²) in [7, 11) is 0. The zero-order valence-electron chi connectivity index (χ0n) is 15.4. The fourth-order valence-electron chi connectivity index (χ4n) is 4.60. The van der Waals surface area contributed by atoms with E-state index in [0.29, 0.717) is 19.7 Å². The van der Waals surface area contributed by atoms with Crippen LogP contribution in [0.3, 0.4) is 0 Å². The average molecular weight is 357 g/mol. The second kappa shape index (κ2) is 6.99. The van der Waals surface area contributed by atoms with E-state index in [1.807, 2.05) is 34.9 Å². The van der Waals surface area contributed by atoms with Crippen molar-refractivity contribution in [3.63, 3.8) is 0 Å². The molecule has 0 unspecified atom stereocenters. The van der Waals surface area contributed by atoms with Gasteiger partial charge >= 0.3 is 0 Å². The first-order chi connectivity index (χ1) is 12.6. The Morgan fingerprint density at radius 2 is 2.19 bits per heavy atom. The highest BCUT2D eigenvalue weighted by Gasteiger charge is 2.50. The van der Waals surface area contributed by atoms with Crippen LogP contribution in [0.4, 0.5) is 0 Å². The zero-order chi connectivity index (χ0) is 18.1. The molecule has 140 valence electrons. The van der Waals surface area contributed by atoms with Gasteiger partial charge in [-0.1, -0.05) is 6.07 Å². The van der Waals surface area contributed by atoms with Crippen LogP contribution in [0, 0.1) is 12.3 Å². The highest BCUT2D eigenvalue weighted by Crippen LogP contribution is 2.41. The molecule has 2 atom stereocenters. The molecule has 4 heterocycles. The molecule has 3 fully saturated rings. The number of amides is 2. The molecule has 6 nitrogen and oxygen atoms in total. The van der Waals surface area contributed by atoms with Crippen molar-refractivity contribution in [1.82, 2.24) is 14.8 Å². The Balaban J connectivity index is 1.44. The van der Waals surface area contributed by atoms with Crippen LogP contribution in [0.25, 0.3) is 0 Å². The number of nitrogens with zero attached hydrogens (tertiary/aromatic N) is 3. The Kier molecular flexibility index (Phi) is 4.69. The molecule has 0 aliphatic carbocycles. The van der Waals surface area contributed by atoms with Gasteiger partial charge in [-0.3, -0.25) is 14.6 Å².